The average molecular weight is 351 g/mol. The highest BCUT2D eigenvalue weighted by molar-refractivity contribution is 9.10. The van der Waals surface area contributed by atoms with E-state index in [2.05, 4.69) is 47.3 Å². The second-order valence-corrected chi connectivity index (χ2v) is 7.63. The normalized spacial score (nSPS) is 20.4. The van der Waals surface area contributed by atoms with Crippen molar-refractivity contribution in [3.05, 3.63) is 51.5 Å². The Labute approximate surface area is 133 Å². The molecule has 2 aromatic rings. The quantitative estimate of drug-likeness (QED) is 0.796. The monoisotopic (exact) mass is 350 g/mol. The third-order valence-corrected chi connectivity index (χ3v) is 4.91. The molecule has 0 fully saturated rings. The van der Waals surface area contributed by atoms with Crippen LogP contribution in [0.5, 0.6) is 0 Å². The average Bonchev–Trinajstić information content (AvgIpc) is 2.68. The van der Waals surface area contributed by atoms with Gasteiger partial charge in [0.15, 0.2) is 0 Å². The van der Waals surface area contributed by atoms with Crippen LogP contribution in [0.3, 0.4) is 0 Å². The highest BCUT2D eigenvalue weighted by Gasteiger charge is 2.33. The number of nitrogens with zero attached hydrogens (tertiary/aromatic N) is 1. The molecule has 112 valence electrons. The standard InChI is InChI=1S/C17H20BrFN2/c1-10-6-12-15(20)8-17(2,3)9-16(12)21(10)11-4-5-14(19)13(18)7-11/h4-7,15H,8-9,20H2,1-3H3. The number of hydrogen-bond acceptors (Lipinski definition) is 1. The summed E-state index contributed by atoms with van der Waals surface area (Å²) in [7, 11) is 0. The molecule has 1 aliphatic carbocycles. The van der Waals surface area contributed by atoms with Crippen molar-refractivity contribution in [2.45, 2.75) is 39.7 Å². The highest BCUT2D eigenvalue weighted by Crippen LogP contribution is 2.42. The number of benzene rings is 1. The molecule has 1 unspecified atom stereocenters. The maximum atomic E-state index is 13.5. The highest BCUT2D eigenvalue weighted by atomic mass is 79.9. The van der Waals surface area contributed by atoms with Gasteiger partial charge in [-0.3, -0.25) is 0 Å². The fourth-order valence-electron chi connectivity index (χ4n) is 3.43. The number of hydrogen-bond donors (Lipinski definition) is 1. The Hall–Kier alpha value is -1.13. The summed E-state index contributed by atoms with van der Waals surface area (Å²) in [6.45, 7) is 6.58. The smallest absolute Gasteiger partial charge is 0.137 e. The molecule has 0 saturated heterocycles. The van der Waals surface area contributed by atoms with E-state index in [4.69, 9.17) is 5.73 Å². The molecule has 21 heavy (non-hydrogen) atoms. The molecule has 3 rings (SSSR count). The number of aryl methyl sites for hydroxylation is 1. The van der Waals surface area contributed by atoms with Crippen LogP contribution in [0.25, 0.3) is 5.69 Å². The van der Waals surface area contributed by atoms with Crippen molar-refractivity contribution in [2.24, 2.45) is 11.1 Å². The first-order valence-electron chi connectivity index (χ1n) is 7.21. The van der Waals surface area contributed by atoms with Crippen molar-refractivity contribution >= 4 is 15.9 Å². The molecule has 0 spiro atoms. The van der Waals surface area contributed by atoms with E-state index < -0.39 is 0 Å². The van der Waals surface area contributed by atoms with Crippen LogP contribution < -0.4 is 5.73 Å². The lowest BCUT2D eigenvalue weighted by atomic mass is 9.74. The van der Waals surface area contributed by atoms with E-state index in [0.717, 1.165) is 24.2 Å². The summed E-state index contributed by atoms with van der Waals surface area (Å²) in [6.07, 6.45) is 1.98. The molecule has 1 aliphatic rings. The summed E-state index contributed by atoms with van der Waals surface area (Å²) in [5.74, 6) is -0.241. The van der Waals surface area contributed by atoms with Crippen molar-refractivity contribution in [3.63, 3.8) is 0 Å². The second-order valence-electron chi connectivity index (χ2n) is 6.77. The van der Waals surface area contributed by atoms with E-state index in [1.54, 1.807) is 0 Å². The van der Waals surface area contributed by atoms with E-state index in [0.29, 0.717) is 4.47 Å². The van der Waals surface area contributed by atoms with Crippen LogP contribution in [0.2, 0.25) is 0 Å². The number of aromatic nitrogens is 1. The molecule has 0 bridgehead atoms. The summed E-state index contributed by atoms with van der Waals surface area (Å²) in [5, 5.41) is 0. The molecular formula is C17H20BrFN2. The van der Waals surface area contributed by atoms with Crippen LogP contribution in [0, 0.1) is 18.2 Å². The van der Waals surface area contributed by atoms with Gasteiger partial charge in [-0.1, -0.05) is 13.8 Å². The van der Waals surface area contributed by atoms with Crippen LogP contribution in [-0.4, -0.2) is 4.57 Å². The van der Waals surface area contributed by atoms with Gasteiger partial charge in [-0.2, -0.15) is 0 Å². The lowest BCUT2D eigenvalue weighted by Crippen LogP contribution is -2.30. The Morgan fingerprint density at radius 3 is 2.71 bits per heavy atom. The topological polar surface area (TPSA) is 30.9 Å². The van der Waals surface area contributed by atoms with Gasteiger partial charge in [0.2, 0.25) is 0 Å². The minimum Gasteiger partial charge on any atom is -0.324 e. The van der Waals surface area contributed by atoms with Crippen LogP contribution >= 0.6 is 15.9 Å². The molecule has 1 aromatic carbocycles. The lowest BCUT2D eigenvalue weighted by molar-refractivity contribution is 0.278. The molecular weight excluding hydrogens is 331 g/mol. The van der Waals surface area contributed by atoms with E-state index in [1.807, 2.05) is 12.1 Å². The van der Waals surface area contributed by atoms with Gasteiger partial charge in [0, 0.05) is 23.1 Å². The largest absolute Gasteiger partial charge is 0.324 e. The summed E-state index contributed by atoms with van der Waals surface area (Å²) in [5.41, 5.74) is 11.2. The summed E-state index contributed by atoms with van der Waals surface area (Å²) in [4.78, 5) is 0. The second kappa shape index (κ2) is 4.96. The zero-order chi connectivity index (χ0) is 15.4. The minimum absolute atomic E-state index is 0.0765. The molecule has 1 heterocycles. The Kier molecular flexibility index (Phi) is 3.49. The fraction of sp³-hybridized carbons (Fsp3) is 0.412. The first kappa shape index (κ1) is 14.8. The number of rotatable bonds is 1. The van der Waals surface area contributed by atoms with Crippen molar-refractivity contribution < 1.29 is 4.39 Å². The van der Waals surface area contributed by atoms with Gasteiger partial charge >= 0.3 is 0 Å². The molecule has 2 N–H and O–H groups in total. The maximum Gasteiger partial charge on any atom is 0.137 e. The van der Waals surface area contributed by atoms with E-state index in [1.165, 1.54) is 17.3 Å². The van der Waals surface area contributed by atoms with Crippen molar-refractivity contribution in [2.75, 3.05) is 0 Å². The van der Waals surface area contributed by atoms with Crippen LogP contribution in [0.15, 0.2) is 28.7 Å². The van der Waals surface area contributed by atoms with Crippen LogP contribution in [0.1, 0.15) is 43.3 Å². The van der Waals surface area contributed by atoms with Gasteiger partial charge in [-0.25, -0.2) is 4.39 Å². The van der Waals surface area contributed by atoms with Crippen molar-refractivity contribution in [1.29, 1.82) is 0 Å². The Morgan fingerprint density at radius 2 is 2.05 bits per heavy atom. The molecule has 0 radical (unpaired) electrons. The molecule has 4 heteroatoms. The van der Waals surface area contributed by atoms with Crippen molar-refractivity contribution in [1.82, 2.24) is 4.57 Å². The van der Waals surface area contributed by atoms with Crippen LogP contribution in [0.4, 0.5) is 4.39 Å². The lowest BCUT2D eigenvalue weighted by Gasteiger charge is -2.34. The molecule has 0 aliphatic heterocycles. The number of halogens is 2. The fourth-order valence-corrected chi connectivity index (χ4v) is 3.80. The number of fused-ring (bicyclic) bond motifs is 1. The van der Waals surface area contributed by atoms with Crippen molar-refractivity contribution in [3.8, 4) is 5.69 Å². The van der Waals surface area contributed by atoms with Gasteiger partial charge < -0.3 is 10.3 Å². The summed E-state index contributed by atoms with van der Waals surface area (Å²) in [6, 6.07) is 7.40. The first-order chi connectivity index (χ1) is 9.78. The third-order valence-electron chi connectivity index (χ3n) is 4.30. The Balaban J connectivity index is 2.18. The predicted octanol–water partition coefficient (Wildman–Crippen LogP) is 4.66. The van der Waals surface area contributed by atoms with E-state index >= 15 is 0 Å². The molecule has 0 saturated carbocycles. The number of nitrogens with two attached hydrogens (primary N) is 1. The van der Waals surface area contributed by atoms with E-state index in [9.17, 15) is 4.39 Å². The predicted molar refractivity (Wildman–Crippen MR) is 87.2 cm³/mol. The zero-order valence-electron chi connectivity index (χ0n) is 12.6. The van der Waals surface area contributed by atoms with Crippen LogP contribution in [-0.2, 0) is 6.42 Å². The minimum atomic E-state index is -0.241. The maximum absolute atomic E-state index is 13.5. The zero-order valence-corrected chi connectivity index (χ0v) is 14.2. The first-order valence-corrected chi connectivity index (χ1v) is 8.00. The third kappa shape index (κ3) is 2.55. The Morgan fingerprint density at radius 1 is 1.33 bits per heavy atom. The van der Waals surface area contributed by atoms with Gasteiger partial charge in [0.25, 0.3) is 0 Å². The molecule has 1 atom stereocenters. The van der Waals surface area contributed by atoms with E-state index in [-0.39, 0.29) is 17.3 Å². The SMILES string of the molecule is Cc1cc2c(n1-c1ccc(F)c(Br)c1)CC(C)(C)CC2N. The van der Waals surface area contributed by atoms with Gasteiger partial charge in [-0.05, 0) is 70.9 Å². The molecule has 1 aromatic heterocycles. The van der Waals surface area contributed by atoms with Gasteiger partial charge in [0.05, 0.1) is 4.47 Å². The molecule has 2 nitrogen and oxygen atoms in total. The summed E-state index contributed by atoms with van der Waals surface area (Å²) < 4.78 is 16.2. The van der Waals surface area contributed by atoms with Gasteiger partial charge in [-0.15, -0.1) is 0 Å². The summed E-state index contributed by atoms with van der Waals surface area (Å²) >= 11 is 3.27. The van der Waals surface area contributed by atoms with Gasteiger partial charge in [0.1, 0.15) is 5.82 Å². The molecule has 0 amide bonds. The Bertz CT molecular complexity index is 703.